The van der Waals surface area contributed by atoms with Gasteiger partial charge in [0, 0.05) is 0 Å². The Morgan fingerprint density at radius 1 is 1.36 bits per heavy atom. The van der Waals surface area contributed by atoms with Crippen LogP contribution in [0.25, 0.3) is 0 Å². The molecular weight excluding hydrogens is 140 g/mol. The topological polar surface area (TPSA) is 37.3 Å². The molecule has 2 unspecified atom stereocenters. The fourth-order valence-electron chi connectivity index (χ4n) is 1.66. The van der Waals surface area contributed by atoms with E-state index in [1.807, 2.05) is 6.79 Å². The minimum absolute atomic E-state index is 0.0174. The van der Waals surface area contributed by atoms with Gasteiger partial charge in [0.25, 0.3) is 0 Å². The zero-order chi connectivity index (χ0) is 8.69. The number of hydrogen-bond acceptors (Lipinski definition) is 2. The minimum Gasteiger partial charge on any atom is -0.393 e. The van der Waals surface area contributed by atoms with Crippen molar-refractivity contribution in [2.75, 3.05) is 0 Å². The fourth-order valence-corrected chi connectivity index (χ4v) is 1.66. The van der Waals surface area contributed by atoms with Crippen LogP contribution in [0.15, 0.2) is 0 Å². The molecule has 11 heavy (non-hydrogen) atoms. The van der Waals surface area contributed by atoms with E-state index in [9.17, 15) is 5.11 Å². The van der Waals surface area contributed by atoms with Crippen LogP contribution >= 0.6 is 0 Å². The Hall–Kier alpha value is -0.370. The highest BCUT2D eigenvalue weighted by Crippen LogP contribution is 2.26. The predicted octanol–water partition coefficient (Wildman–Crippen LogP) is 1.76. The van der Waals surface area contributed by atoms with Gasteiger partial charge in [0.2, 0.25) is 0 Å². The molecule has 0 aromatic rings. The third-order valence-corrected chi connectivity index (χ3v) is 2.39. The Kier molecular flexibility index (Phi) is 6.13. The zero-order valence-electron chi connectivity index (χ0n) is 7.25. The SMILES string of the molecule is C=O.CCC1CCCCC1O. The molecule has 0 aromatic heterocycles. The molecule has 0 heterocycles. The summed E-state index contributed by atoms with van der Waals surface area (Å²) in [6, 6.07) is 0. The molecule has 0 spiro atoms. The number of carbonyl (C=O) groups excluding carboxylic acids is 1. The molecule has 2 nitrogen and oxygen atoms in total. The Labute approximate surface area is 68.6 Å². The first kappa shape index (κ1) is 10.6. The van der Waals surface area contributed by atoms with Crippen LogP contribution in [0.3, 0.4) is 0 Å². The number of rotatable bonds is 1. The smallest absolute Gasteiger partial charge is 0.106 e. The van der Waals surface area contributed by atoms with Gasteiger partial charge in [-0.15, -0.1) is 0 Å². The highest BCUT2D eigenvalue weighted by Gasteiger charge is 2.20. The van der Waals surface area contributed by atoms with Crippen LogP contribution in [-0.2, 0) is 4.79 Å². The van der Waals surface area contributed by atoms with Crippen molar-refractivity contribution in [3.05, 3.63) is 0 Å². The molecule has 1 saturated carbocycles. The number of hydrogen-bond donors (Lipinski definition) is 1. The van der Waals surface area contributed by atoms with Gasteiger partial charge in [-0.3, -0.25) is 0 Å². The molecule has 1 N–H and O–H groups in total. The van der Waals surface area contributed by atoms with Gasteiger partial charge >= 0.3 is 0 Å². The summed E-state index contributed by atoms with van der Waals surface area (Å²) in [6.07, 6.45) is 6.02. The van der Waals surface area contributed by atoms with Crippen molar-refractivity contribution in [1.29, 1.82) is 0 Å². The summed E-state index contributed by atoms with van der Waals surface area (Å²) < 4.78 is 0. The second-order valence-corrected chi connectivity index (χ2v) is 3.02. The molecule has 2 heteroatoms. The standard InChI is InChI=1S/C8H16O.CH2O/c1-2-7-5-3-4-6-8(7)9;1-2/h7-9H,2-6H2,1H3;1H2. The Balaban J connectivity index is 0.000000461. The highest BCUT2D eigenvalue weighted by atomic mass is 16.3. The van der Waals surface area contributed by atoms with E-state index in [1.54, 1.807) is 0 Å². The van der Waals surface area contributed by atoms with E-state index in [0.29, 0.717) is 5.92 Å². The van der Waals surface area contributed by atoms with Crippen molar-refractivity contribution in [2.45, 2.75) is 45.1 Å². The van der Waals surface area contributed by atoms with E-state index in [0.717, 1.165) is 12.8 Å². The first-order valence-corrected chi connectivity index (χ1v) is 4.31. The summed E-state index contributed by atoms with van der Waals surface area (Å²) in [6.45, 7) is 4.17. The summed E-state index contributed by atoms with van der Waals surface area (Å²) in [7, 11) is 0. The lowest BCUT2D eigenvalue weighted by atomic mass is 9.85. The Morgan fingerprint density at radius 3 is 2.27 bits per heavy atom. The Morgan fingerprint density at radius 2 is 1.91 bits per heavy atom. The maximum absolute atomic E-state index is 9.37. The number of aliphatic hydroxyl groups excluding tert-OH is 1. The summed E-state index contributed by atoms with van der Waals surface area (Å²) in [4.78, 5) is 8.00. The van der Waals surface area contributed by atoms with Crippen LogP contribution in [0.1, 0.15) is 39.0 Å². The summed E-state index contributed by atoms with van der Waals surface area (Å²) >= 11 is 0. The van der Waals surface area contributed by atoms with Crippen molar-refractivity contribution >= 4 is 6.79 Å². The molecule has 0 saturated heterocycles. The number of aliphatic hydroxyl groups is 1. The maximum Gasteiger partial charge on any atom is 0.106 e. The summed E-state index contributed by atoms with van der Waals surface area (Å²) in [5.41, 5.74) is 0. The first-order chi connectivity index (χ1) is 5.34. The quantitative estimate of drug-likeness (QED) is 0.631. The Bertz CT molecular complexity index is 93.6. The average molecular weight is 158 g/mol. The number of carbonyl (C=O) groups is 1. The van der Waals surface area contributed by atoms with E-state index in [1.165, 1.54) is 19.3 Å². The molecule has 0 aromatic carbocycles. The molecule has 66 valence electrons. The molecule has 0 bridgehead atoms. The largest absolute Gasteiger partial charge is 0.393 e. The summed E-state index contributed by atoms with van der Waals surface area (Å²) in [5, 5.41) is 9.37. The van der Waals surface area contributed by atoms with Crippen LogP contribution in [0.5, 0.6) is 0 Å². The third kappa shape index (κ3) is 3.51. The normalized spacial score (nSPS) is 30.4. The fraction of sp³-hybridized carbons (Fsp3) is 0.889. The van der Waals surface area contributed by atoms with Crippen LogP contribution < -0.4 is 0 Å². The summed E-state index contributed by atoms with van der Waals surface area (Å²) in [5.74, 6) is 0.610. The molecule has 2 atom stereocenters. The van der Waals surface area contributed by atoms with Crippen LogP contribution in [0.2, 0.25) is 0 Å². The molecule has 1 aliphatic carbocycles. The van der Waals surface area contributed by atoms with E-state index in [4.69, 9.17) is 4.79 Å². The predicted molar refractivity (Wildman–Crippen MR) is 45.4 cm³/mol. The molecular formula is C9H18O2. The molecule has 1 fully saturated rings. The lowest BCUT2D eigenvalue weighted by Gasteiger charge is -2.25. The zero-order valence-corrected chi connectivity index (χ0v) is 7.25. The molecule has 0 amide bonds. The molecule has 0 aliphatic heterocycles. The van der Waals surface area contributed by atoms with Gasteiger partial charge < -0.3 is 9.90 Å². The molecule has 0 radical (unpaired) electrons. The van der Waals surface area contributed by atoms with E-state index < -0.39 is 0 Å². The van der Waals surface area contributed by atoms with Crippen molar-refractivity contribution in [1.82, 2.24) is 0 Å². The van der Waals surface area contributed by atoms with Gasteiger partial charge in [0.1, 0.15) is 6.79 Å². The van der Waals surface area contributed by atoms with Crippen molar-refractivity contribution in [3.8, 4) is 0 Å². The second kappa shape index (κ2) is 6.35. The maximum atomic E-state index is 9.37. The third-order valence-electron chi connectivity index (χ3n) is 2.39. The van der Waals surface area contributed by atoms with E-state index in [-0.39, 0.29) is 6.10 Å². The first-order valence-electron chi connectivity index (χ1n) is 4.31. The minimum atomic E-state index is 0.0174. The van der Waals surface area contributed by atoms with E-state index in [2.05, 4.69) is 6.92 Å². The second-order valence-electron chi connectivity index (χ2n) is 3.02. The molecule has 1 rings (SSSR count). The van der Waals surface area contributed by atoms with E-state index >= 15 is 0 Å². The van der Waals surface area contributed by atoms with Gasteiger partial charge in [-0.1, -0.05) is 26.2 Å². The van der Waals surface area contributed by atoms with Crippen molar-refractivity contribution in [3.63, 3.8) is 0 Å². The average Bonchev–Trinajstić information content (AvgIpc) is 2.09. The van der Waals surface area contributed by atoms with Gasteiger partial charge in [-0.25, -0.2) is 0 Å². The monoisotopic (exact) mass is 158 g/mol. The van der Waals surface area contributed by atoms with Crippen molar-refractivity contribution < 1.29 is 9.90 Å². The van der Waals surface area contributed by atoms with Crippen LogP contribution in [0, 0.1) is 5.92 Å². The lowest BCUT2D eigenvalue weighted by molar-refractivity contribution is -0.0979. The van der Waals surface area contributed by atoms with Crippen molar-refractivity contribution in [2.24, 2.45) is 5.92 Å². The van der Waals surface area contributed by atoms with Crippen LogP contribution in [-0.4, -0.2) is 18.0 Å². The highest BCUT2D eigenvalue weighted by molar-refractivity contribution is 5.10. The van der Waals surface area contributed by atoms with Gasteiger partial charge in [-0.2, -0.15) is 0 Å². The van der Waals surface area contributed by atoms with Gasteiger partial charge in [0.05, 0.1) is 6.10 Å². The molecule has 1 aliphatic rings. The van der Waals surface area contributed by atoms with Crippen LogP contribution in [0.4, 0.5) is 0 Å². The van der Waals surface area contributed by atoms with Gasteiger partial charge in [0.15, 0.2) is 0 Å². The van der Waals surface area contributed by atoms with Gasteiger partial charge in [-0.05, 0) is 18.8 Å². The lowest BCUT2D eigenvalue weighted by Crippen LogP contribution is -2.23.